The summed E-state index contributed by atoms with van der Waals surface area (Å²) in [5.74, 6) is -1.17. The van der Waals surface area contributed by atoms with E-state index in [4.69, 9.17) is 0 Å². The smallest absolute Gasteiger partial charge is 0.416 e. The van der Waals surface area contributed by atoms with Crippen LogP contribution < -0.4 is 5.32 Å². The molecular formula is C13H8BrF3N2O2. The monoisotopic (exact) mass is 360 g/mol. The Morgan fingerprint density at radius 3 is 2.62 bits per heavy atom. The molecule has 21 heavy (non-hydrogen) atoms. The summed E-state index contributed by atoms with van der Waals surface area (Å²) in [5, 5.41) is 11.8. The molecule has 2 aromatic rings. The minimum absolute atomic E-state index is 0.0696. The van der Waals surface area contributed by atoms with Gasteiger partial charge < -0.3 is 10.4 Å². The minimum atomic E-state index is -4.52. The van der Waals surface area contributed by atoms with Crippen molar-refractivity contribution in [1.29, 1.82) is 0 Å². The van der Waals surface area contributed by atoms with Gasteiger partial charge in [0.1, 0.15) is 5.75 Å². The van der Waals surface area contributed by atoms with Crippen molar-refractivity contribution in [3.63, 3.8) is 0 Å². The SMILES string of the molecule is O=C(Nc1cc(C(F)(F)F)ccc1Br)c1ncccc1O. The number of amides is 1. The summed E-state index contributed by atoms with van der Waals surface area (Å²) in [6, 6.07) is 5.53. The van der Waals surface area contributed by atoms with Gasteiger partial charge >= 0.3 is 6.18 Å². The molecule has 2 N–H and O–H groups in total. The second-order valence-corrected chi connectivity index (χ2v) is 4.87. The topological polar surface area (TPSA) is 62.2 Å². The summed E-state index contributed by atoms with van der Waals surface area (Å²) < 4.78 is 38.2. The lowest BCUT2D eigenvalue weighted by Gasteiger charge is -2.12. The van der Waals surface area contributed by atoms with Gasteiger partial charge in [0.15, 0.2) is 5.69 Å². The number of pyridine rings is 1. The molecule has 0 saturated carbocycles. The fourth-order valence-electron chi connectivity index (χ4n) is 1.55. The summed E-state index contributed by atoms with van der Waals surface area (Å²) in [7, 11) is 0. The Labute approximate surface area is 125 Å². The lowest BCUT2D eigenvalue weighted by molar-refractivity contribution is -0.137. The molecule has 0 spiro atoms. The van der Waals surface area contributed by atoms with Crippen LogP contribution in [0.25, 0.3) is 0 Å². The molecule has 0 unspecified atom stereocenters. The number of rotatable bonds is 2. The number of nitrogens with one attached hydrogen (secondary N) is 1. The number of aromatic hydroxyl groups is 1. The van der Waals surface area contributed by atoms with Gasteiger partial charge in [0.05, 0.1) is 11.3 Å². The van der Waals surface area contributed by atoms with Crippen molar-refractivity contribution in [2.45, 2.75) is 6.18 Å². The lowest BCUT2D eigenvalue weighted by atomic mass is 10.2. The number of carbonyl (C=O) groups is 1. The van der Waals surface area contributed by atoms with Gasteiger partial charge in [-0.1, -0.05) is 0 Å². The number of carbonyl (C=O) groups excluding carboxylic acids is 1. The molecule has 2 rings (SSSR count). The highest BCUT2D eigenvalue weighted by Gasteiger charge is 2.31. The maximum absolute atomic E-state index is 12.6. The van der Waals surface area contributed by atoms with Crippen LogP contribution >= 0.6 is 15.9 Å². The molecule has 1 aromatic carbocycles. The zero-order chi connectivity index (χ0) is 15.6. The predicted octanol–water partition coefficient (Wildman–Crippen LogP) is 3.82. The zero-order valence-electron chi connectivity index (χ0n) is 10.3. The highest BCUT2D eigenvalue weighted by Crippen LogP contribution is 2.34. The first-order chi connectivity index (χ1) is 9.79. The average Bonchev–Trinajstić information content (AvgIpc) is 2.40. The number of hydrogen-bond acceptors (Lipinski definition) is 3. The van der Waals surface area contributed by atoms with Crippen LogP contribution in [-0.4, -0.2) is 16.0 Å². The second-order valence-electron chi connectivity index (χ2n) is 4.02. The second kappa shape index (κ2) is 5.72. The van der Waals surface area contributed by atoms with E-state index in [0.717, 1.165) is 12.1 Å². The quantitative estimate of drug-likeness (QED) is 0.855. The van der Waals surface area contributed by atoms with Crippen LogP contribution in [0.5, 0.6) is 5.75 Å². The van der Waals surface area contributed by atoms with Crippen molar-refractivity contribution in [1.82, 2.24) is 4.98 Å². The summed E-state index contributed by atoms with van der Waals surface area (Å²) in [6.07, 6.45) is -3.23. The number of anilines is 1. The van der Waals surface area contributed by atoms with Gasteiger partial charge in [-0.05, 0) is 46.3 Å². The van der Waals surface area contributed by atoms with E-state index in [-0.39, 0.29) is 21.6 Å². The van der Waals surface area contributed by atoms with Crippen molar-refractivity contribution in [3.05, 3.63) is 52.3 Å². The van der Waals surface area contributed by atoms with Crippen LogP contribution in [0.15, 0.2) is 41.0 Å². The normalized spacial score (nSPS) is 11.2. The average molecular weight is 361 g/mol. The van der Waals surface area contributed by atoms with E-state index in [9.17, 15) is 23.1 Å². The molecule has 0 fully saturated rings. The first kappa shape index (κ1) is 15.3. The zero-order valence-corrected chi connectivity index (χ0v) is 11.9. The van der Waals surface area contributed by atoms with Gasteiger partial charge in [-0.2, -0.15) is 13.2 Å². The molecule has 0 aliphatic rings. The summed E-state index contributed by atoms with van der Waals surface area (Å²) in [6.45, 7) is 0. The number of hydrogen-bond donors (Lipinski definition) is 2. The summed E-state index contributed by atoms with van der Waals surface area (Å²) in [4.78, 5) is 15.6. The third-order valence-corrected chi connectivity index (χ3v) is 3.23. The van der Waals surface area contributed by atoms with Gasteiger partial charge in [0, 0.05) is 10.7 Å². The lowest BCUT2D eigenvalue weighted by Crippen LogP contribution is -2.15. The van der Waals surface area contributed by atoms with Gasteiger partial charge in [-0.3, -0.25) is 4.79 Å². The van der Waals surface area contributed by atoms with Gasteiger partial charge in [-0.25, -0.2) is 4.98 Å². The molecule has 0 atom stereocenters. The largest absolute Gasteiger partial charge is 0.505 e. The number of aromatic nitrogens is 1. The summed E-state index contributed by atoms with van der Waals surface area (Å²) >= 11 is 3.05. The fraction of sp³-hybridized carbons (Fsp3) is 0.0769. The Morgan fingerprint density at radius 2 is 2.00 bits per heavy atom. The molecule has 8 heteroatoms. The van der Waals surface area contributed by atoms with E-state index in [1.54, 1.807) is 0 Å². The summed E-state index contributed by atoms with van der Waals surface area (Å²) in [5.41, 5.74) is -1.24. The number of nitrogens with zero attached hydrogens (tertiary/aromatic N) is 1. The molecule has 110 valence electrons. The van der Waals surface area contributed by atoms with E-state index < -0.39 is 17.6 Å². The van der Waals surface area contributed by atoms with Crippen LogP contribution in [0.3, 0.4) is 0 Å². The Hall–Kier alpha value is -2.09. The maximum atomic E-state index is 12.6. The molecule has 0 aliphatic carbocycles. The van der Waals surface area contributed by atoms with Crippen molar-refractivity contribution < 1.29 is 23.1 Å². The Balaban J connectivity index is 2.31. The Morgan fingerprint density at radius 1 is 1.29 bits per heavy atom. The van der Waals surface area contributed by atoms with Crippen LogP contribution in [0.1, 0.15) is 16.1 Å². The van der Waals surface area contributed by atoms with E-state index in [1.165, 1.54) is 24.4 Å². The van der Waals surface area contributed by atoms with Crippen LogP contribution in [0.2, 0.25) is 0 Å². The highest BCUT2D eigenvalue weighted by molar-refractivity contribution is 9.10. The van der Waals surface area contributed by atoms with Crippen molar-refractivity contribution >= 4 is 27.5 Å². The minimum Gasteiger partial charge on any atom is -0.505 e. The highest BCUT2D eigenvalue weighted by atomic mass is 79.9. The van der Waals surface area contributed by atoms with Crippen LogP contribution in [-0.2, 0) is 6.18 Å². The van der Waals surface area contributed by atoms with E-state index in [2.05, 4.69) is 26.2 Å². The molecule has 4 nitrogen and oxygen atoms in total. The predicted molar refractivity (Wildman–Crippen MR) is 73.0 cm³/mol. The van der Waals surface area contributed by atoms with E-state index >= 15 is 0 Å². The third kappa shape index (κ3) is 3.52. The molecule has 1 aromatic heterocycles. The molecule has 0 saturated heterocycles. The van der Waals surface area contributed by atoms with E-state index in [1.807, 2.05) is 0 Å². The molecule has 0 radical (unpaired) electrons. The Kier molecular flexibility index (Phi) is 4.17. The van der Waals surface area contributed by atoms with E-state index in [0.29, 0.717) is 0 Å². The van der Waals surface area contributed by atoms with Crippen LogP contribution in [0.4, 0.5) is 18.9 Å². The fourth-order valence-corrected chi connectivity index (χ4v) is 1.90. The number of benzene rings is 1. The number of halogens is 4. The molecule has 0 bridgehead atoms. The van der Waals surface area contributed by atoms with Crippen molar-refractivity contribution in [2.75, 3.05) is 5.32 Å². The standard InChI is InChI=1S/C13H8BrF3N2O2/c14-8-4-3-7(13(15,16)17)6-9(8)19-12(21)11-10(20)2-1-5-18-11/h1-6,20H,(H,19,21). The van der Waals surface area contributed by atoms with Crippen molar-refractivity contribution in [3.8, 4) is 5.75 Å². The maximum Gasteiger partial charge on any atom is 0.416 e. The molecule has 0 aliphatic heterocycles. The first-order valence-corrected chi connectivity index (χ1v) is 6.40. The van der Waals surface area contributed by atoms with Crippen molar-refractivity contribution in [2.24, 2.45) is 0 Å². The molecule has 1 heterocycles. The third-order valence-electron chi connectivity index (χ3n) is 2.54. The number of alkyl halides is 3. The van der Waals surface area contributed by atoms with Gasteiger partial charge in [0.2, 0.25) is 0 Å². The first-order valence-electron chi connectivity index (χ1n) is 5.61. The molecular weight excluding hydrogens is 353 g/mol. The Bertz CT molecular complexity index is 689. The van der Waals surface area contributed by atoms with Crippen LogP contribution in [0, 0.1) is 0 Å². The van der Waals surface area contributed by atoms with Gasteiger partial charge in [0.25, 0.3) is 5.91 Å². The molecule has 1 amide bonds. The van der Waals surface area contributed by atoms with Gasteiger partial charge in [-0.15, -0.1) is 0 Å².